The van der Waals surface area contributed by atoms with Gasteiger partial charge in [-0.25, -0.2) is 0 Å². The molecule has 0 bridgehead atoms. The fourth-order valence-corrected chi connectivity index (χ4v) is 4.24. The van der Waals surface area contributed by atoms with Crippen LogP contribution in [0.15, 0.2) is 48.5 Å². The van der Waals surface area contributed by atoms with Gasteiger partial charge < -0.3 is 4.74 Å². The predicted octanol–water partition coefficient (Wildman–Crippen LogP) is 4.35. The van der Waals surface area contributed by atoms with Crippen molar-refractivity contribution in [3.8, 4) is 11.1 Å². The molecule has 0 aromatic heterocycles. The molecule has 0 N–H and O–H groups in total. The van der Waals surface area contributed by atoms with Crippen LogP contribution in [0, 0.1) is 0 Å². The molecule has 0 heterocycles. The van der Waals surface area contributed by atoms with Crippen LogP contribution >= 0.6 is 11.8 Å². The van der Waals surface area contributed by atoms with Crippen LogP contribution in [0.1, 0.15) is 18.1 Å². The Morgan fingerprint density at radius 3 is 2.00 bits per heavy atom. The lowest BCUT2D eigenvalue weighted by Crippen LogP contribution is -2.33. The van der Waals surface area contributed by atoms with E-state index in [2.05, 4.69) is 55.5 Å². The van der Waals surface area contributed by atoms with E-state index in [9.17, 15) is 0 Å². The highest BCUT2D eigenvalue weighted by Crippen LogP contribution is 2.50. The Hall–Kier alpha value is -1.25. The molecule has 0 radical (unpaired) electrons. The summed E-state index contributed by atoms with van der Waals surface area (Å²) in [5.41, 5.74) is 5.59. The summed E-state index contributed by atoms with van der Waals surface area (Å²) in [5, 5.41) is 0. The van der Waals surface area contributed by atoms with E-state index in [0.717, 1.165) is 18.1 Å². The lowest BCUT2D eigenvalue weighted by atomic mass is 9.81. The van der Waals surface area contributed by atoms with Crippen molar-refractivity contribution < 1.29 is 4.74 Å². The van der Waals surface area contributed by atoms with Gasteiger partial charge in [0.2, 0.25) is 0 Å². The molecule has 2 aromatic rings. The molecule has 3 rings (SSSR count). The second-order valence-corrected chi connectivity index (χ2v) is 6.52. The maximum absolute atomic E-state index is 5.63. The SMILES string of the molecule is CCSCC1(COC)c2ccccc2-c2ccccc21. The maximum atomic E-state index is 5.63. The summed E-state index contributed by atoms with van der Waals surface area (Å²) in [4.78, 5) is 0. The first-order valence-electron chi connectivity index (χ1n) is 7.09. The Balaban J connectivity index is 2.21. The first-order chi connectivity index (χ1) is 9.83. The highest BCUT2D eigenvalue weighted by Gasteiger charge is 2.42. The zero-order chi connectivity index (χ0) is 14.0. The van der Waals surface area contributed by atoms with E-state index in [1.54, 1.807) is 0 Å². The number of fused-ring (bicyclic) bond motifs is 3. The van der Waals surface area contributed by atoms with Crippen molar-refractivity contribution in [1.29, 1.82) is 0 Å². The summed E-state index contributed by atoms with van der Waals surface area (Å²) in [6.45, 7) is 2.96. The number of thioether (sulfide) groups is 1. The number of hydrogen-bond acceptors (Lipinski definition) is 2. The van der Waals surface area contributed by atoms with Crippen molar-refractivity contribution in [3.05, 3.63) is 59.7 Å². The van der Waals surface area contributed by atoms with Crippen LogP contribution in [0.2, 0.25) is 0 Å². The molecule has 1 aliphatic carbocycles. The molecule has 20 heavy (non-hydrogen) atoms. The van der Waals surface area contributed by atoms with Crippen molar-refractivity contribution in [2.24, 2.45) is 0 Å². The summed E-state index contributed by atoms with van der Waals surface area (Å²) in [6.07, 6.45) is 0. The monoisotopic (exact) mass is 284 g/mol. The molecule has 0 amide bonds. The van der Waals surface area contributed by atoms with Gasteiger partial charge in [0.1, 0.15) is 0 Å². The smallest absolute Gasteiger partial charge is 0.0608 e. The number of methoxy groups -OCH3 is 1. The van der Waals surface area contributed by atoms with Gasteiger partial charge in [-0.3, -0.25) is 0 Å². The lowest BCUT2D eigenvalue weighted by Gasteiger charge is -2.31. The highest BCUT2D eigenvalue weighted by atomic mass is 32.2. The third kappa shape index (κ3) is 1.99. The van der Waals surface area contributed by atoms with Gasteiger partial charge in [-0.1, -0.05) is 55.5 Å². The standard InChI is InChI=1S/C18H20OS/c1-3-20-13-18(12-19-2)16-10-6-4-8-14(16)15-9-5-7-11-17(15)18/h4-11H,3,12-13H2,1-2H3. The molecule has 0 saturated carbocycles. The largest absolute Gasteiger partial charge is 0.383 e. The molecular formula is C18H20OS. The van der Waals surface area contributed by atoms with Crippen LogP contribution in [0.4, 0.5) is 0 Å². The van der Waals surface area contributed by atoms with Crippen molar-refractivity contribution >= 4 is 11.8 Å². The average Bonchev–Trinajstić information content (AvgIpc) is 2.78. The van der Waals surface area contributed by atoms with Gasteiger partial charge in [-0.05, 0) is 28.0 Å². The predicted molar refractivity (Wildman–Crippen MR) is 87.5 cm³/mol. The number of benzene rings is 2. The lowest BCUT2D eigenvalue weighted by molar-refractivity contribution is 0.159. The molecule has 1 aliphatic rings. The van der Waals surface area contributed by atoms with Crippen LogP contribution in [0.5, 0.6) is 0 Å². The molecule has 0 fully saturated rings. The molecule has 0 saturated heterocycles. The number of ether oxygens (including phenoxy) is 1. The van der Waals surface area contributed by atoms with Gasteiger partial charge in [-0.2, -0.15) is 11.8 Å². The van der Waals surface area contributed by atoms with Gasteiger partial charge in [0.25, 0.3) is 0 Å². The molecular weight excluding hydrogens is 264 g/mol. The molecule has 0 unspecified atom stereocenters. The van der Waals surface area contributed by atoms with Crippen LogP contribution in [0.3, 0.4) is 0 Å². The summed E-state index contributed by atoms with van der Waals surface area (Å²) >= 11 is 1.99. The fourth-order valence-electron chi connectivity index (χ4n) is 3.29. The Morgan fingerprint density at radius 1 is 0.950 bits per heavy atom. The van der Waals surface area contributed by atoms with Gasteiger partial charge >= 0.3 is 0 Å². The minimum absolute atomic E-state index is 0.00259. The van der Waals surface area contributed by atoms with E-state index >= 15 is 0 Å². The normalized spacial score (nSPS) is 14.9. The fraction of sp³-hybridized carbons (Fsp3) is 0.333. The first-order valence-corrected chi connectivity index (χ1v) is 8.25. The Labute approximate surface area is 125 Å². The topological polar surface area (TPSA) is 9.23 Å². The van der Waals surface area contributed by atoms with E-state index < -0.39 is 0 Å². The van der Waals surface area contributed by atoms with Crippen LogP contribution in [-0.2, 0) is 10.2 Å². The second-order valence-electron chi connectivity index (χ2n) is 5.24. The van der Waals surface area contributed by atoms with Gasteiger partial charge in [0.15, 0.2) is 0 Å². The molecule has 2 heteroatoms. The maximum Gasteiger partial charge on any atom is 0.0608 e. The molecule has 0 aliphatic heterocycles. The van der Waals surface area contributed by atoms with E-state index in [0.29, 0.717) is 0 Å². The summed E-state index contributed by atoms with van der Waals surface area (Å²) in [6, 6.07) is 17.6. The van der Waals surface area contributed by atoms with Crippen LogP contribution in [-0.4, -0.2) is 25.2 Å². The molecule has 1 nitrogen and oxygen atoms in total. The van der Waals surface area contributed by atoms with Crippen molar-refractivity contribution in [1.82, 2.24) is 0 Å². The van der Waals surface area contributed by atoms with E-state index in [-0.39, 0.29) is 5.41 Å². The van der Waals surface area contributed by atoms with Crippen LogP contribution in [0.25, 0.3) is 11.1 Å². The second kappa shape index (κ2) is 5.63. The van der Waals surface area contributed by atoms with Crippen molar-refractivity contribution in [2.45, 2.75) is 12.3 Å². The molecule has 104 valence electrons. The van der Waals surface area contributed by atoms with E-state index in [4.69, 9.17) is 4.74 Å². The third-order valence-corrected chi connectivity index (χ3v) is 5.22. The average molecular weight is 284 g/mol. The zero-order valence-electron chi connectivity index (χ0n) is 12.1. The summed E-state index contributed by atoms with van der Waals surface area (Å²) in [5.74, 6) is 2.21. The minimum Gasteiger partial charge on any atom is -0.383 e. The van der Waals surface area contributed by atoms with Gasteiger partial charge in [0.05, 0.1) is 12.0 Å². The quantitative estimate of drug-likeness (QED) is 0.807. The van der Waals surface area contributed by atoms with Crippen molar-refractivity contribution in [3.63, 3.8) is 0 Å². The molecule has 2 aromatic carbocycles. The third-order valence-electron chi connectivity index (χ3n) is 4.12. The summed E-state index contributed by atoms with van der Waals surface area (Å²) < 4.78 is 5.63. The van der Waals surface area contributed by atoms with E-state index in [1.165, 1.54) is 22.3 Å². The van der Waals surface area contributed by atoms with E-state index in [1.807, 2.05) is 18.9 Å². The number of hydrogen-bond donors (Lipinski definition) is 0. The van der Waals surface area contributed by atoms with Crippen LogP contribution < -0.4 is 0 Å². The molecule has 0 atom stereocenters. The zero-order valence-corrected chi connectivity index (χ0v) is 12.9. The van der Waals surface area contributed by atoms with Gasteiger partial charge in [0, 0.05) is 12.9 Å². The molecule has 0 spiro atoms. The Bertz CT molecular complexity index is 560. The Kier molecular flexibility index (Phi) is 3.86. The highest BCUT2D eigenvalue weighted by molar-refractivity contribution is 7.99. The summed E-state index contributed by atoms with van der Waals surface area (Å²) in [7, 11) is 1.81. The first kappa shape index (κ1) is 13.7. The minimum atomic E-state index is 0.00259. The van der Waals surface area contributed by atoms with Gasteiger partial charge in [-0.15, -0.1) is 0 Å². The number of rotatable bonds is 5. The van der Waals surface area contributed by atoms with Crippen molar-refractivity contribution in [2.75, 3.05) is 25.2 Å². The Morgan fingerprint density at radius 2 is 1.50 bits per heavy atom.